The van der Waals surface area contributed by atoms with Crippen molar-refractivity contribution in [2.45, 2.75) is 78.3 Å². The second kappa shape index (κ2) is 16.9. The van der Waals surface area contributed by atoms with Crippen LogP contribution in [0.25, 0.3) is 32.7 Å². The molecule has 0 nitrogen and oxygen atoms in total. The van der Waals surface area contributed by atoms with Crippen molar-refractivity contribution in [2.75, 3.05) is 0 Å². The normalized spacial score (nSPS) is 15.2. The van der Waals surface area contributed by atoms with Gasteiger partial charge in [-0.2, -0.15) is 0 Å². The summed E-state index contributed by atoms with van der Waals surface area (Å²) in [5, 5.41) is 5.44. The number of fused-ring (bicyclic) bond motifs is 20. The number of rotatable bonds is 1. The highest BCUT2D eigenvalue weighted by atomic mass is 32.2. The Labute approximate surface area is 499 Å². The van der Waals surface area contributed by atoms with Gasteiger partial charge in [-0.15, -0.1) is 0 Å². The average molecular weight is 1150 g/mol. The SMILES string of the molecule is c1ccc2c(c1)Sc1cccc3c1B2c1cc2cc4c(cc2cc1S3)B1c2ccc(-c3ccc5c6c3Sc3ccccc3B6c3c(ccc6c7c(ccc36)Sc3cccc6c3B7c3ccccc3S6)S5)cc2Sc2cccc(c21)S4. The van der Waals surface area contributed by atoms with Crippen molar-refractivity contribution in [3.05, 3.63) is 206 Å². The van der Waals surface area contributed by atoms with Crippen molar-refractivity contribution >= 4 is 208 Å². The molecule has 0 amide bonds. The summed E-state index contributed by atoms with van der Waals surface area (Å²) < 4.78 is 0. The molecular formula is C68H34B4S8. The van der Waals surface area contributed by atoms with Gasteiger partial charge in [-0.25, -0.2) is 0 Å². The molecule has 0 fully saturated rings. The lowest BCUT2D eigenvalue weighted by Crippen LogP contribution is -2.60. The summed E-state index contributed by atoms with van der Waals surface area (Å²) in [6, 6.07) is 80.8. The number of hydrogen-bond donors (Lipinski definition) is 0. The minimum Gasteiger partial charge on any atom is -0.0911 e. The molecule has 12 aromatic carbocycles. The molecule has 0 spiro atoms. The minimum absolute atomic E-state index is 0.112. The van der Waals surface area contributed by atoms with E-state index in [1.165, 1.54) is 177 Å². The molecule has 80 heavy (non-hydrogen) atoms. The van der Waals surface area contributed by atoms with Crippen molar-refractivity contribution < 1.29 is 0 Å². The van der Waals surface area contributed by atoms with Crippen LogP contribution >= 0.6 is 94.1 Å². The monoisotopic (exact) mass is 1150 g/mol. The fourth-order valence-corrected chi connectivity index (χ4v) is 24.6. The lowest BCUT2D eigenvalue weighted by atomic mass is 9.34. The lowest BCUT2D eigenvalue weighted by molar-refractivity contribution is 1.32. The van der Waals surface area contributed by atoms with Gasteiger partial charge in [0.2, 0.25) is 26.9 Å². The zero-order chi connectivity index (χ0) is 51.6. The van der Waals surface area contributed by atoms with Crippen LogP contribution in [0.3, 0.4) is 0 Å². The molecule has 8 aliphatic heterocycles. The quantitative estimate of drug-likeness (QED) is 0.147. The topological polar surface area (TPSA) is 0 Å². The number of hydrogen-bond acceptors (Lipinski definition) is 8. The van der Waals surface area contributed by atoms with Crippen molar-refractivity contribution in [3.8, 4) is 11.1 Å². The molecule has 12 heteroatoms. The third-order valence-electron chi connectivity index (χ3n) is 18.0. The first-order valence-electron chi connectivity index (χ1n) is 27.2. The predicted molar refractivity (Wildman–Crippen MR) is 350 cm³/mol. The maximum atomic E-state index is 2.56. The van der Waals surface area contributed by atoms with Gasteiger partial charge in [0.15, 0.2) is 0 Å². The Balaban J connectivity index is 0.724. The molecular weight excluding hydrogens is 1120 g/mol. The van der Waals surface area contributed by atoms with Gasteiger partial charge < -0.3 is 0 Å². The van der Waals surface area contributed by atoms with E-state index in [4.69, 9.17) is 0 Å². The van der Waals surface area contributed by atoms with E-state index in [0.29, 0.717) is 0 Å². The largest absolute Gasteiger partial charge is 0.247 e. The van der Waals surface area contributed by atoms with Crippen molar-refractivity contribution in [2.24, 2.45) is 0 Å². The first-order valence-corrected chi connectivity index (χ1v) is 33.8. The molecule has 0 saturated carbocycles. The Bertz CT molecular complexity index is 4910. The minimum atomic E-state index is 0.112. The molecule has 0 unspecified atom stereocenters. The van der Waals surface area contributed by atoms with Crippen LogP contribution in [-0.2, 0) is 0 Å². The highest BCUT2D eigenvalue weighted by Crippen LogP contribution is 2.48. The van der Waals surface area contributed by atoms with Crippen LogP contribution in [0, 0.1) is 0 Å². The molecule has 366 valence electrons. The van der Waals surface area contributed by atoms with Crippen LogP contribution in [0.1, 0.15) is 0 Å². The molecule has 0 saturated heterocycles. The van der Waals surface area contributed by atoms with E-state index in [0.717, 1.165) is 0 Å². The molecule has 0 bridgehead atoms. The first-order chi connectivity index (χ1) is 39.6. The third kappa shape index (κ3) is 6.30. The highest BCUT2D eigenvalue weighted by molar-refractivity contribution is 8.03. The van der Waals surface area contributed by atoms with E-state index >= 15 is 0 Å². The van der Waals surface area contributed by atoms with Crippen LogP contribution in [-0.4, -0.2) is 26.9 Å². The molecule has 12 aromatic rings. The molecule has 0 radical (unpaired) electrons. The zero-order valence-electron chi connectivity index (χ0n) is 42.2. The van der Waals surface area contributed by atoms with E-state index < -0.39 is 0 Å². The Hall–Kier alpha value is -5.78. The number of benzene rings is 12. The standard InChI is InChI=1S/C68H34B4S8/c1-4-13-47-41(10-1)69-45-30-36-34-61-46(31-37(36)33-60(45)78-52-18-7-16-50(73-47)64(52)69)70-44-26-22-35(32-59(44)77-51-17-8-19-53(79-61)65(51)70)38-23-27-58-67-68(38)80-49-15-6-3-12-43(49)72(67)63-40-25-28-56-62(39(40)24-29-57(63)76-58)71-42-11-2-5-14-48(42)74-54-20-9-21-55(75-56)66(54)71/h1-34H. The Morgan fingerprint density at radius 2 is 0.575 bits per heavy atom. The fraction of sp³-hybridized carbons (Fsp3) is 0. The molecule has 0 aliphatic carbocycles. The van der Waals surface area contributed by atoms with Crippen LogP contribution < -0.4 is 65.6 Å². The maximum absolute atomic E-state index is 2.56. The van der Waals surface area contributed by atoms with Crippen LogP contribution in [0.5, 0.6) is 0 Å². The van der Waals surface area contributed by atoms with E-state index in [1.54, 1.807) is 0 Å². The molecule has 8 heterocycles. The predicted octanol–water partition coefficient (Wildman–Crippen LogP) is 11.4. The Kier molecular flexibility index (Phi) is 9.69. The van der Waals surface area contributed by atoms with Gasteiger partial charge in [0.05, 0.1) is 0 Å². The molecule has 8 aliphatic rings. The fourth-order valence-electron chi connectivity index (χ4n) is 14.7. The van der Waals surface area contributed by atoms with E-state index in [1.807, 2.05) is 94.1 Å². The van der Waals surface area contributed by atoms with E-state index in [2.05, 4.69) is 206 Å². The van der Waals surface area contributed by atoms with Crippen LogP contribution in [0.15, 0.2) is 285 Å². The Morgan fingerprint density at radius 1 is 0.212 bits per heavy atom. The first kappa shape index (κ1) is 45.8. The van der Waals surface area contributed by atoms with Crippen molar-refractivity contribution in [1.29, 1.82) is 0 Å². The van der Waals surface area contributed by atoms with Gasteiger partial charge in [0, 0.05) is 78.3 Å². The van der Waals surface area contributed by atoms with Gasteiger partial charge in [-0.3, -0.25) is 0 Å². The average Bonchev–Trinajstić information content (AvgIpc) is 3.62. The lowest BCUT2D eigenvalue weighted by Gasteiger charge is -2.36. The van der Waals surface area contributed by atoms with Crippen molar-refractivity contribution in [3.63, 3.8) is 0 Å². The van der Waals surface area contributed by atoms with Gasteiger partial charge in [-0.1, -0.05) is 242 Å². The molecule has 0 atom stereocenters. The summed E-state index contributed by atoms with van der Waals surface area (Å²) in [6.45, 7) is 0.697. The van der Waals surface area contributed by atoms with Crippen LogP contribution in [0.2, 0.25) is 0 Å². The molecule has 20 rings (SSSR count). The molecule has 0 aromatic heterocycles. The van der Waals surface area contributed by atoms with E-state index in [9.17, 15) is 0 Å². The summed E-state index contributed by atoms with van der Waals surface area (Å²) in [5.74, 6) is 0. The third-order valence-corrected chi connectivity index (χ3v) is 27.3. The molecule has 0 N–H and O–H groups in total. The second-order valence-corrected chi connectivity index (χ2v) is 30.6. The van der Waals surface area contributed by atoms with Gasteiger partial charge in [0.25, 0.3) is 0 Å². The Morgan fingerprint density at radius 3 is 1.10 bits per heavy atom. The zero-order valence-corrected chi connectivity index (χ0v) is 48.7. The van der Waals surface area contributed by atoms with Crippen molar-refractivity contribution in [1.82, 2.24) is 0 Å². The smallest absolute Gasteiger partial charge is 0.0911 e. The summed E-state index contributed by atoms with van der Waals surface area (Å²) in [4.78, 5) is 22.1. The van der Waals surface area contributed by atoms with Crippen LogP contribution in [0.4, 0.5) is 0 Å². The van der Waals surface area contributed by atoms with E-state index in [-0.39, 0.29) is 26.9 Å². The highest BCUT2D eigenvalue weighted by Gasteiger charge is 2.45. The maximum Gasteiger partial charge on any atom is 0.247 e. The van der Waals surface area contributed by atoms with Gasteiger partial charge in [-0.05, 0) is 156 Å². The summed E-state index contributed by atoms with van der Waals surface area (Å²) in [5.41, 5.74) is 20.0. The van der Waals surface area contributed by atoms with Gasteiger partial charge >= 0.3 is 0 Å². The summed E-state index contributed by atoms with van der Waals surface area (Å²) >= 11 is 15.7. The summed E-state index contributed by atoms with van der Waals surface area (Å²) in [7, 11) is 0. The second-order valence-electron chi connectivity index (χ2n) is 21.9. The summed E-state index contributed by atoms with van der Waals surface area (Å²) in [6.07, 6.45) is 0. The van der Waals surface area contributed by atoms with Gasteiger partial charge in [0.1, 0.15) is 0 Å².